The molecule has 0 spiro atoms. The highest BCUT2D eigenvalue weighted by Crippen LogP contribution is 2.44. The molecule has 1 aromatic heterocycles. The first-order valence-electron chi connectivity index (χ1n) is 7.82. The third kappa shape index (κ3) is 3.56. The van der Waals surface area contributed by atoms with Gasteiger partial charge < -0.3 is 15.4 Å². The molecule has 0 saturated carbocycles. The van der Waals surface area contributed by atoms with E-state index in [4.69, 9.17) is 10.3 Å². The summed E-state index contributed by atoms with van der Waals surface area (Å²) in [5.41, 5.74) is 0.790. The summed E-state index contributed by atoms with van der Waals surface area (Å²) in [5.74, 6) is -2.45. The first kappa shape index (κ1) is 19.7. The largest absolute Gasteiger partial charge is 0.423 e. The number of hydrogen-bond donors (Lipinski definition) is 2. The number of carbonyl (C=O) groups is 1. The van der Waals surface area contributed by atoms with Gasteiger partial charge in [0, 0.05) is 29.4 Å². The Morgan fingerprint density at radius 3 is 2.70 bits per heavy atom. The number of alkyl halides is 3. The maximum Gasteiger partial charge on any atom is 0.423 e. The van der Waals surface area contributed by atoms with E-state index in [9.17, 15) is 31.7 Å². The van der Waals surface area contributed by atoms with E-state index in [1.165, 1.54) is 0 Å². The molecule has 27 heavy (non-hydrogen) atoms. The lowest BCUT2D eigenvalue weighted by Crippen LogP contribution is -2.45. The lowest BCUT2D eigenvalue weighted by atomic mass is 9.93. The van der Waals surface area contributed by atoms with Crippen molar-refractivity contribution in [3.05, 3.63) is 29.7 Å². The molecule has 2 aromatic rings. The summed E-state index contributed by atoms with van der Waals surface area (Å²) in [6.07, 6.45) is -6.24. The number of fused-ring (bicyclic) bond motifs is 1. The van der Waals surface area contributed by atoms with Crippen molar-refractivity contribution in [2.45, 2.75) is 30.7 Å². The summed E-state index contributed by atoms with van der Waals surface area (Å²) in [6.45, 7) is 0. The number of nitrogens with two attached hydrogens (primary N) is 1. The van der Waals surface area contributed by atoms with Crippen molar-refractivity contribution in [3.8, 4) is 0 Å². The molecule has 0 bridgehead atoms. The number of halogens is 4. The molecule has 1 aromatic carbocycles. The Hall–Kier alpha value is -2.05. The molecule has 0 radical (unpaired) electrons. The zero-order valence-electron chi connectivity index (χ0n) is 13.7. The van der Waals surface area contributed by atoms with E-state index in [2.05, 4.69) is 9.52 Å². The van der Waals surface area contributed by atoms with Crippen LogP contribution in [0.1, 0.15) is 18.5 Å². The van der Waals surface area contributed by atoms with E-state index in [0.29, 0.717) is 0 Å². The Bertz CT molecular complexity index is 1010. The van der Waals surface area contributed by atoms with E-state index in [1.54, 1.807) is 0 Å². The summed E-state index contributed by atoms with van der Waals surface area (Å²) in [4.78, 5) is 11.5. The van der Waals surface area contributed by atoms with Gasteiger partial charge in [0.15, 0.2) is 5.58 Å². The monoisotopic (exact) mass is 409 g/mol. The number of carbonyl (C=O) groups excluding carboxylic acids is 1. The average Bonchev–Trinajstić information content (AvgIpc) is 2.99. The molecule has 148 valence electrons. The molecule has 3 rings (SSSR count). The van der Waals surface area contributed by atoms with Crippen LogP contribution in [0.25, 0.3) is 11.0 Å². The zero-order chi connectivity index (χ0) is 20.0. The Labute approximate surface area is 150 Å². The Balaban J connectivity index is 2.00. The van der Waals surface area contributed by atoms with Crippen LogP contribution in [0.4, 0.5) is 17.6 Å². The third-order valence-corrected chi connectivity index (χ3v) is 6.63. The normalized spacial score (nSPS) is 26.0. The lowest BCUT2D eigenvalue weighted by molar-refractivity contribution is -0.268. The SMILES string of the molecule is N[C@H]1CC[S@@](=O)(CCC(O)(c2noc3cc(F)ccc23)C(F)(F)F)=NC1=O. The zero-order valence-corrected chi connectivity index (χ0v) is 14.5. The minimum Gasteiger partial charge on any atom is -0.375 e. The van der Waals surface area contributed by atoms with Gasteiger partial charge in [0.05, 0.1) is 15.8 Å². The van der Waals surface area contributed by atoms with Crippen LogP contribution in [0.5, 0.6) is 0 Å². The van der Waals surface area contributed by atoms with Crippen LogP contribution in [-0.4, -0.2) is 44.1 Å². The van der Waals surface area contributed by atoms with Crippen molar-refractivity contribution in [1.82, 2.24) is 5.16 Å². The molecule has 2 heterocycles. The summed E-state index contributed by atoms with van der Waals surface area (Å²) < 4.78 is 75.0. The highest BCUT2D eigenvalue weighted by molar-refractivity contribution is 7.93. The molecular formula is C15H15F4N3O4S. The van der Waals surface area contributed by atoms with Crippen molar-refractivity contribution in [3.63, 3.8) is 0 Å². The van der Waals surface area contributed by atoms with E-state index in [-0.39, 0.29) is 23.1 Å². The lowest BCUT2D eigenvalue weighted by Gasteiger charge is -2.29. The number of amides is 1. The van der Waals surface area contributed by atoms with Gasteiger partial charge in [-0.1, -0.05) is 5.16 Å². The molecule has 0 fully saturated rings. The molecule has 0 saturated heterocycles. The van der Waals surface area contributed by atoms with Gasteiger partial charge >= 0.3 is 6.18 Å². The van der Waals surface area contributed by atoms with Crippen LogP contribution in [0.3, 0.4) is 0 Å². The quantitative estimate of drug-likeness (QED) is 0.744. The fraction of sp³-hybridized carbons (Fsp3) is 0.467. The molecule has 1 unspecified atom stereocenters. The number of rotatable bonds is 4. The fourth-order valence-electron chi connectivity index (χ4n) is 2.77. The molecule has 1 aliphatic rings. The first-order valence-corrected chi connectivity index (χ1v) is 9.67. The second-order valence-electron chi connectivity index (χ2n) is 6.29. The van der Waals surface area contributed by atoms with E-state index < -0.39 is 57.1 Å². The summed E-state index contributed by atoms with van der Waals surface area (Å²) >= 11 is 0. The van der Waals surface area contributed by atoms with Crippen molar-refractivity contribution >= 4 is 26.6 Å². The highest BCUT2D eigenvalue weighted by atomic mass is 32.2. The van der Waals surface area contributed by atoms with Gasteiger partial charge in [0.1, 0.15) is 11.5 Å². The predicted molar refractivity (Wildman–Crippen MR) is 86.4 cm³/mol. The van der Waals surface area contributed by atoms with Gasteiger partial charge in [-0.15, -0.1) is 0 Å². The van der Waals surface area contributed by atoms with Crippen molar-refractivity contribution in [2.24, 2.45) is 10.1 Å². The molecule has 3 N–H and O–H groups in total. The topological polar surface area (TPSA) is 119 Å². The molecule has 1 amide bonds. The molecule has 3 atom stereocenters. The summed E-state index contributed by atoms with van der Waals surface area (Å²) in [7, 11) is -3.30. The molecule has 12 heteroatoms. The van der Waals surface area contributed by atoms with Gasteiger partial charge in [0.25, 0.3) is 5.91 Å². The van der Waals surface area contributed by atoms with Crippen LogP contribution < -0.4 is 5.73 Å². The van der Waals surface area contributed by atoms with Gasteiger partial charge in [-0.05, 0) is 18.6 Å². The minimum atomic E-state index is -5.20. The first-order chi connectivity index (χ1) is 12.5. The number of aliphatic hydroxyl groups is 1. The van der Waals surface area contributed by atoms with Gasteiger partial charge in [0.2, 0.25) is 5.60 Å². The van der Waals surface area contributed by atoms with Gasteiger partial charge in [-0.3, -0.25) is 4.79 Å². The summed E-state index contributed by atoms with van der Waals surface area (Å²) in [6, 6.07) is 1.80. The molecule has 1 aliphatic heterocycles. The smallest absolute Gasteiger partial charge is 0.375 e. The third-order valence-electron chi connectivity index (χ3n) is 4.40. The molecular weight excluding hydrogens is 394 g/mol. The molecule has 7 nitrogen and oxygen atoms in total. The second kappa shape index (κ2) is 6.53. The van der Waals surface area contributed by atoms with Crippen LogP contribution in [0.2, 0.25) is 0 Å². The van der Waals surface area contributed by atoms with Crippen LogP contribution in [0.15, 0.2) is 27.1 Å². The average molecular weight is 409 g/mol. The van der Waals surface area contributed by atoms with Gasteiger partial charge in [-0.25, -0.2) is 8.60 Å². The van der Waals surface area contributed by atoms with Crippen molar-refractivity contribution in [1.29, 1.82) is 0 Å². The maximum atomic E-state index is 13.7. The van der Waals surface area contributed by atoms with E-state index >= 15 is 0 Å². The van der Waals surface area contributed by atoms with Gasteiger partial charge in [-0.2, -0.15) is 17.5 Å². The Morgan fingerprint density at radius 2 is 2.07 bits per heavy atom. The number of aromatic nitrogens is 1. The number of nitrogens with zero attached hydrogens (tertiary/aromatic N) is 2. The van der Waals surface area contributed by atoms with Crippen LogP contribution in [0, 0.1) is 5.82 Å². The number of benzene rings is 1. The van der Waals surface area contributed by atoms with Crippen molar-refractivity contribution < 1.29 is 36.2 Å². The van der Waals surface area contributed by atoms with Crippen molar-refractivity contribution in [2.75, 3.05) is 11.5 Å². The van der Waals surface area contributed by atoms with E-state index in [0.717, 1.165) is 18.2 Å². The second-order valence-corrected chi connectivity index (χ2v) is 8.83. The Morgan fingerprint density at radius 1 is 1.37 bits per heavy atom. The maximum absolute atomic E-state index is 13.7. The Kier molecular flexibility index (Phi) is 4.77. The van der Waals surface area contributed by atoms with Crippen LogP contribution >= 0.6 is 0 Å². The predicted octanol–water partition coefficient (Wildman–Crippen LogP) is 1.83. The number of hydrogen-bond acceptors (Lipinski definition) is 6. The molecule has 0 aliphatic carbocycles. The fourth-order valence-corrected chi connectivity index (χ4v) is 4.86. The minimum absolute atomic E-state index is 0.0256. The van der Waals surface area contributed by atoms with Crippen LogP contribution in [-0.2, 0) is 20.1 Å². The van der Waals surface area contributed by atoms with E-state index in [1.807, 2.05) is 0 Å². The summed E-state index contributed by atoms with van der Waals surface area (Å²) in [5, 5.41) is 13.5. The standard InChI is InChI=1S/C15H15F4N3O4S/c16-8-1-2-9-11(7-8)26-21-12(9)14(24,15(17,18)19)4-6-27(25)5-3-10(20)13(23)22-27/h1-2,7,10,24H,3-6,20H2/t10-,14?,27+/m0/s1. The highest BCUT2D eigenvalue weighted by Gasteiger charge is 2.57.